The van der Waals surface area contributed by atoms with Crippen LogP contribution in [0.3, 0.4) is 0 Å². The van der Waals surface area contributed by atoms with Gasteiger partial charge in [-0.15, -0.1) is 0 Å². The van der Waals surface area contributed by atoms with Crippen molar-refractivity contribution in [1.82, 2.24) is 4.90 Å². The van der Waals surface area contributed by atoms with E-state index >= 15 is 0 Å². The van der Waals surface area contributed by atoms with Crippen molar-refractivity contribution in [1.29, 1.82) is 5.26 Å². The van der Waals surface area contributed by atoms with Gasteiger partial charge in [-0.2, -0.15) is 5.26 Å². The highest BCUT2D eigenvalue weighted by atomic mass is 16.4. The lowest BCUT2D eigenvalue weighted by molar-refractivity contribution is -0.137. The Morgan fingerprint density at radius 2 is 2.10 bits per heavy atom. The normalized spacial score (nSPS) is 9.65. The summed E-state index contributed by atoms with van der Waals surface area (Å²) in [6, 6.07) is 8.42. The standard InChI is InChI=1S/C14H17N3O3/c1-3-17(8-7-13(18)19)14(20)16(2)12-6-4-5-11(9-12)10-15/h4-6,9H,3,7-8H2,1-2H3,(H,18,19). The summed E-state index contributed by atoms with van der Waals surface area (Å²) >= 11 is 0. The monoisotopic (exact) mass is 275 g/mol. The van der Waals surface area contributed by atoms with Gasteiger partial charge < -0.3 is 10.0 Å². The molecule has 0 bridgehead atoms. The van der Waals surface area contributed by atoms with Gasteiger partial charge in [0.15, 0.2) is 0 Å². The predicted octanol–water partition coefficient (Wildman–Crippen LogP) is 1.91. The van der Waals surface area contributed by atoms with Crippen molar-refractivity contribution in [2.45, 2.75) is 13.3 Å². The minimum Gasteiger partial charge on any atom is -0.481 e. The van der Waals surface area contributed by atoms with Crippen molar-refractivity contribution in [3.8, 4) is 6.07 Å². The maximum absolute atomic E-state index is 12.3. The molecule has 1 N–H and O–H groups in total. The van der Waals surface area contributed by atoms with Crippen molar-refractivity contribution < 1.29 is 14.7 Å². The molecular weight excluding hydrogens is 258 g/mol. The molecule has 6 nitrogen and oxygen atoms in total. The van der Waals surface area contributed by atoms with Gasteiger partial charge in [0.2, 0.25) is 0 Å². The topological polar surface area (TPSA) is 84.6 Å². The smallest absolute Gasteiger partial charge is 0.324 e. The molecule has 0 heterocycles. The number of carbonyl (C=O) groups excluding carboxylic acids is 1. The molecule has 106 valence electrons. The summed E-state index contributed by atoms with van der Waals surface area (Å²) in [7, 11) is 1.60. The maximum atomic E-state index is 12.3. The fourth-order valence-corrected chi connectivity index (χ4v) is 1.73. The Hall–Kier alpha value is -2.55. The molecule has 1 rings (SSSR count). The number of rotatable bonds is 5. The molecule has 0 aliphatic rings. The minimum absolute atomic E-state index is 0.0916. The Morgan fingerprint density at radius 3 is 2.65 bits per heavy atom. The van der Waals surface area contributed by atoms with Gasteiger partial charge in [-0.3, -0.25) is 9.69 Å². The van der Waals surface area contributed by atoms with E-state index in [4.69, 9.17) is 10.4 Å². The Kier molecular flexibility index (Phi) is 5.54. The summed E-state index contributed by atoms with van der Waals surface area (Å²) in [5.41, 5.74) is 1.07. The first-order valence-corrected chi connectivity index (χ1v) is 6.24. The average molecular weight is 275 g/mol. The number of hydrogen-bond acceptors (Lipinski definition) is 3. The lowest BCUT2D eigenvalue weighted by Crippen LogP contribution is -2.42. The van der Waals surface area contributed by atoms with E-state index in [2.05, 4.69) is 0 Å². The van der Waals surface area contributed by atoms with Crippen LogP contribution in [0.1, 0.15) is 18.9 Å². The number of benzene rings is 1. The van der Waals surface area contributed by atoms with E-state index in [-0.39, 0.29) is 19.0 Å². The highest BCUT2D eigenvalue weighted by molar-refractivity contribution is 5.91. The molecule has 20 heavy (non-hydrogen) atoms. The Labute approximate surface area is 117 Å². The van der Waals surface area contributed by atoms with Crippen molar-refractivity contribution in [3.63, 3.8) is 0 Å². The van der Waals surface area contributed by atoms with Crippen LogP contribution >= 0.6 is 0 Å². The number of urea groups is 1. The summed E-state index contributed by atoms with van der Waals surface area (Å²) in [5.74, 6) is -0.939. The maximum Gasteiger partial charge on any atom is 0.324 e. The largest absolute Gasteiger partial charge is 0.481 e. The van der Waals surface area contributed by atoms with Gasteiger partial charge in [-0.25, -0.2) is 4.79 Å². The SMILES string of the molecule is CCN(CCC(=O)O)C(=O)N(C)c1cccc(C#N)c1. The zero-order valence-corrected chi connectivity index (χ0v) is 11.5. The van der Waals surface area contributed by atoms with E-state index in [0.717, 1.165) is 0 Å². The van der Waals surface area contributed by atoms with Crippen LogP contribution in [-0.2, 0) is 4.79 Å². The summed E-state index contributed by atoms with van der Waals surface area (Å²) in [6.45, 7) is 2.38. The van der Waals surface area contributed by atoms with Crippen LogP contribution < -0.4 is 4.90 Å². The van der Waals surface area contributed by atoms with Gasteiger partial charge in [-0.1, -0.05) is 6.07 Å². The molecule has 1 aromatic rings. The second kappa shape index (κ2) is 7.14. The highest BCUT2D eigenvalue weighted by Gasteiger charge is 2.18. The van der Waals surface area contributed by atoms with Crippen LogP contribution in [-0.4, -0.2) is 42.1 Å². The molecule has 2 amide bonds. The van der Waals surface area contributed by atoms with Gasteiger partial charge in [0, 0.05) is 25.8 Å². The first-order chi connectivity index (χ1) is 9.49. The van der Waals surface area contributed by atoms with Gasteiger partial charge in [-0.05, 0) is 25.1 Å². The van der Waals surface area contributed by atoms with Crippen LogP contribution in [0.5, 0.6) is 0 Å². The number of carboxylic acids is 1. The molecule has 0 unspecified atom stereocenters. The number of aliphatic carboxylic acids is 1. The fourth-order valence-electron chi connectivity index (χ4n) is 1.73. The van der Waals surface area contributed by atoms with E-state index in [9.17, 15) is 9.59 Å². The zero-order valence-electron chi connectivity index (χ0n) is 11.5. The lowest BCUT2D eigenvalue weighted by atomic mass is 10.2. The molecule has 0 saturated carbocycles. The van der Waals surface area contributed by atoms with E-state index < -0.39 is 5.97 Å². The lowest BCUT2D eigenvalue weighted by Gasteiger charge is -2.27. The Balaban J connectivity index is 2.83. The van der Waals surface area contributed by atoms with E-state index in [1.807, 2.05) is 6.07 Å². The second-order valence-corrected chi connectivity index (χ2v) is 4.23. The number of carboxylic acid groups (broad SMARTS) is 1. The van der Waals surface area contributed by atoms with E-state index in [0.29, 0.717) is 17.8 Å². The molecule has 1 aromatic carbocycles. The average Bonchev–Trinajstić information content (AvgIpc) is 2.46. The van der Waals surface area contributed by atoms with Crippen LogP contribution in [0.15, 0.2) is 24.3 Å². The number of anilines is 1. The second-order valence-electron chi connectivity index (χ2n) is 4.23. The molecule has 0 atom stereocenters. The summed E-state index contributed by atoms with van der Waals surface area (Å²) < 4.78 is 0. The first kappa shape index (κ1) is 15.5. The third kappa shape index (κ3) is 3.99. The molecule has 0 aromatic heterocycles. The quantitative estimate of drug-likeness (QED) is 0.889. The number of nitrogens with zero attached hydrogens (tertiary/aromatic N) is 3. The van der Waals surface area contributed by atoms with Gasteiger partial charge >= 0.3 is 12.0 Å². The van der Waals surface area contributed by atoms with Crippen molar-refractivity contribution in [3.05, 3.63) is 29.8 Å². The third-order valence-electron chi connectivity index (χ3n) is 2.90. The molecule has 0 fully saturated rings. The van der Waals surface area contributed by atoms with Gasteiger partial charge in [0.1, 0.15) is 0 Å². The van der Waals surface area contributed by atoms with Crippen molar-refractivity contribution in [2.75, 3.05) is 25.0 Å². The van der Waals surface area contributed by atoms with Crippen LogP contribution in [0, 0.1) is 11.3 Å². The van der Waals surface area contributed by atoms with Crippen LogP contribution in [0.25, 0.3) is 0 Å². The third-order valence-corrected chi connectivity index (χ3v) is 2.90. The number of amides is 2. The molecular formula is C14H17N3O3. The van der Waals surface area contributed by atoms with Crippen LogP contribution in [0.4, 0.5) is 10.5 Å². The Morgan fingerprint density at radius 1 is 1.40 bits per heavy atom. The first-order valence-electron chi connectivity index (χ1n) is 6.24. The van der Waals surface area contributed by atoms with Crippen molar-refractivity contribution >= 4 is 17.7 Å². The number of nitriles is 1. The molecule has 0 saturated heterocycles. The fraction of sp³-hybridized carbons (Fsp3) is 0.357. The number of carbonyl (C=O) groups is 2. The Bertz CT molecular complexity index is 537. The minimum atomic E-state index is -0.939. The van der Waals surface area contributed by atoms with E-state index in [1.165, 1.54) is 9.80 Å². The van der Waals surface area contributed by atoms with Crippen molar-refractivity contribution in [2.24, 2.45) is 0 Å². The number of hydrogen-bond donors (Lipinski definition) is 1. The molecule has 0 spiro atoms. The summed E-state index contributed by atoms with van der Waals surface area (Å²) in [6.07, 6.45) is -0.0916. The predicted molar refractivity (Wildman–Crippen MR) is 74.5 cm³/mol. The zero-order chi connectivity index (χ0) is 15.1. The molecule has 0 aliphatic carbocycles. The highest BCUT2D eigenvalue weighted by Crippen LogP contribution is 2.16. The summed E-state index contributed by atoms with van der Waals surface area (Å²) in [5, 5.41) is 17.5. The van der Waals surface area contributed by atoms with Crippen LogP contribution in [0.2, 0.25) is 0 Å². The molecule has 0 radical (unpaired) electrons. The van der Waals surface area contributed by atoms with Gasteiger partial charge in [0.25, 0.3) is 0 Å². The molecule has 6 heteroatoms. The van der Waals surface area contributed by atoms with E-state index in [1.54, 1.807) is 38.2 Å². The van der Waals surface area contributed by atoms with Gasteiger partial charge in [0.05, 0.1) is 18.1 Å². The molecule has 0 aliphatic heterocycles. The summed E-state index contributed by atoms with van der Waals surface area (Å²) in [4.78, 5) is 25.7.